The maximum atomic E-state index is 9.57. The van der Waals surface area contributed by atoms with E-state index in [2.05, 4.69) is 5.32 Å². The lowest BCUT2D eigenvalue weighted by molar-refractivity contribution is 0.201. The topological polar surface area (TPSA) is 52.5 Å². The number of rotatable bonds is 2. The third kappa shape index (κ3) is 2.20. The molecule has 2 atom stereocenters. The number of phenolic OH excluding ortho intramolecular Hbond substituents is 1. The number of aliphatic hydroxyl groups excluding tert-OH is 1. The summed E-state index contributed by atoms with van der Waals surface area (Å²) >= 11 is 1.64. The van der Waals surface area contributed by atoms with Crippen LogP contribution in [0.15, 0.2) is 29.2 Å². The standard InChI is InChI=1S/C10H13NO2S/c12-7-1-3-8(4-2-7)14-10-6-11-5-9(10)13/h1-4,9-13H,5-6H2/t9-,10-/m1/s1. The summed E-state index contributed by atoms with van der Waals surface area (Å²) in [4.78, 5) is 1.08. The first kappa shape index (κ1) is 9.83. The van der Waals surface area contributed by atoms with Crippen molar-refractivity contribution in [3.63, 3.8) is 0 Å². The van der Waals surface area contributed by atoms with Gasteiger partial charge in [-0.2, -0.15) is 0 Å². The Kier molecular flexibility index (Phi) is 2.96. The summed E-state index contributed by atoms with van der Waals surface area (Å²) in [6.07, 6.45) is -0.270. The van der Waals surface area contributed by atoms with Crippen LogP contribution in [0.2, 0.25) is 0 Å². The summed E-state index contributed by atoms with van der Waals surface area (Å²) in [5, 5.41) is 22.0. The van der Waals surface area contributed by atoms with Gasteiger partial charge in [-0.1, -0.05) is 0 Å². The second-order valence-corrected chi connectivity index (χ2v) is 4.69. The van der Waals surface area contributed by atoms with Crippen molar-refractivity contribution in [1.82, 2.24) is 5.32 Å². The number of benzene rings is 1. The molecule has 76 valence electrons. The third-order valence-corrected chi connectivity index (χ3v) is 3.58. The summed E-state index contributed by atoms with van der Waals surface area (Å²) in [5.41, 5.74) is 0. The van der Waals surface area contributed by atoms with Gasteiger partial charge in [0.1, 0.15) is 5.75 Å². The summed E-state index contributed by atoms with van der Waals surface area (Å²) in [7, 11) is 0. The highest BCUT2D eigenvalue weighted by atomic mass is 32.2. The van der Waals surface area contributed by atoms with Gasteiger partial charge in [-0.15, -0.1) is 11.8 Å². The molecule has 0 saturated carbocycles. The largest absolute Gasteiger partial charge is 0.508 e. The van der Waals surface area contributed by atoms with E-state index in [1.54, 1.807) is 23.9 Å². The molecule has 0 aromatic heterocycles. The van der Waals surface area contributed by atoms with Crippen molar-refractivity contribution in [3.05, 3.63) is 24.3 Å². The van der Waals surface area contributed by atoms with Crippen LogP contribution >= 0.6 is 11.8 Å². The number of hydrogen-bond acceptors (Lipinski definition) is 4. The Balaban J connectivity index is 2.00. The van der Waals surface area contributed by atoms with Crippen molar-refractivity contribution in [2.24, 2.45) is 0 Å². The Morgan fingerprint density at radius 1 is 1.21 bits per heavy atom. The summed E-state index contributed by atoms with van der Waals surface area (Å²) < 4.78 is 0. The van der Waals surface area contributed by atoms with E-state index < -0.39 is 0 Å². The molecular formula is C10H13NO2S. The maximum absolute atomic E-state index is 9.57. The molecule has 4 heteroatoms. The molecule has 14 heavy (non-hydrogen) atoms. The minimum Gasteiger partial charge on any atom is -0.508 e. The lowest BCUT2D eigenvalue weighted by Gasteiger charge is -2.12. The first-order valence-corrected chi connectivity index (χ1v) is 5.48. The van der Waals surface area contributed by atoms with Crippen LogP contribution in [-0.4, -0.2) is 34.7 Å². The Morgan fingerprint density at radius 2 is 1.93 bits per heavy atom. The van der Waals surface area contributed by atoms with Gasteiger partial charge in [-0.3, -0.25) is 0 Å². The molecule has 1 heterocycles. The van der Waals surface area contributed by atoms with Crippen molar-refractivity contribution in [3.8, 4) is 5.75 Å². The minimum absolute atomic E-state index is 0.222. The van der Waals surface area contributed by atoms with E-state index in [0.717, 1.165) is 11.4 Å². The Labute approximate surface area is 87.1 Å². The van der Waals surface area contributed by atoms with E-state index in [-0.39, 0.29) is 17.1 Å². The fourth-order valence-electron chi connectivity index (χ4n) is 1.46. The van der Waals surface area contributed by atoms with Crippen molar-refractivity contribution in [2.75, 3.05) is 13.1 Å². The van der Waals surface area contributed by atoms with Crippen molar-refractivity contribution in [2.45, 2.75) is 16.2 Å². The molecule has 0 spiro atoms. The van der Waals surface area contributed by atoms with E-state index in [0.29, 0.717) is 6.54 Å². The smallest absolute Gasteiger partial charge is 0.115 e. The minimum atomic E-state index is -0.270. The van der Waals surface area contributed by atoms with Gasteiger partial charge in [0.2, 0.25) is 0 Å². The fourth-order valence-corrected chi connectivity index (χ4v) is 2.56. The molecule has 0 unspecified atom stereocenters. The van der Waals surface area contributed by atoms with Gasteiger partial charge in [-0.25, -0.2) is 0 Å². The average molecular weight is 211 g/mol. The predicted octanol–water partition coefficient (Wildman–Crippen LogP) is 0.817. The first-order chi connectivity index (χ1) is 6.75. The fraction of sp³-hybridized carbons (Fsp3) is 0.400. The zero-order valence-electron chi connectivity index (χ0n) is 7.68. The van der Waals surface area contributed by atoms with Crippen LogP contribution in [0.3, 0.4) is 0 Å². The zero-order valence-corrected chi connectivity index (χ0v) is 8.50. The Bertz CT molecular complexity index is 301. The highest BCUT2D eigenvalue weighted by molar-refractivity contribution is 8.00. The van der Waals surface area contributed by atoms with Crippen LogP contribution in [0.4, 0.5) is 0 Å². The van der Waals surface area contributed by atoms with Crippen LogP contribution in [0.1, 0.15) is 0 Å². The van der Waals surface area contributed by atoms with Crippen molar-refractivity contribution >= 4 is 11.8 Å². The van der Waals surface area contributed by atoms with Crippen molar-refractivity contribution in [1.29, 1.82) is 0 Å². The lowest BCUT2D eigenvalue weighted by Crippen LogP contribution is -2.19. The van der Waals surface area contributed by atoms with E-state index >= 15 is 0 Å². The van der Waals surface area contributed by atoms with Gasteiger partial charge in [0.25, 0.3) is 0 Å². The van der Waals surface area contributed by atoms with Crippen LogP contribution in [0.25, 0.3) is 0 Å². The molecule has 0 amide bonds. The highest BCUT2D eigenvalue weighted by Crippen LogP contribution is 2.28. The molecule has 0 aliphatic carbocycles. The van der Waals surface area contributed by atoms with Crippen LogP contribution in [0, 0.1) is 0 Å². The molecule has 1 aromatic rings. The SMILES string of the molecule is Oc1ccc(S[C@@H]2CNC[C@H]2O)cc1. The highest BCUT2D eigenvalue weighted by Gasteiger charge is 2.25. The molecule has 0 bridgehead atoms. The molecule has 3 N–H and O–H groups in total. The van der Waals surface area contributed by atoms with Crippen molar-refractivity contribution < 1.29 is 10.2 Å². The summed E-state index contributed by atoms with van der Waals surface area (Å²) in [5.74, 6) is 0.277. The Morgan fingerprint density at radius 3 is 2.50 bits per heavy atom. The molecule has 1 saturated heterocycles. The van der Waals surface area contributed by atoms with Gasteiger partial charge < -0.3 is 15.5 Å². The molecule has 1 aliphatic rings. The van der Waals surface area contributed by atoms with Gasteiger partial charge in [0.05, 0.1) is 6.10 Å². The zero-order chi connectivity index (χ0) is 9.97. The second-order valence-electron chi connectivity index (χ2n) is 3.38. The Hall–Kier alpha value is -0.710. The number of phenols is 1. The molecule has 0 radical (unpaired) electrons. The van der Waals surface area contributed by atoms with E-state index in [4.69, 9.17) is 5.11 Å². The first-order valence-electron chi connectivity index (χ1n) is 4.60. The maximum Gasteiger partial charge on any atom is 0.115 e. The number of aromatic hydroxyl groups is 1. The number of nitrogens with one attached hydrogen (secondary N) is 1. The molecule has 1 aromatic carbocycles. The van der Waals surface area contributed by atoms with Crippen LogP contribution < -0.4 is 5.32 Å². The molecule has 2 rings (SSSR count). The number of aliphatic hydroxyl groups is 1. The summed E-state index contributed by atoms with van der Waals surface area (Å²) in [6, 6.07) is 7.06. The molecule has 3 nitrogen and oxygen atoms in total. The quantitative estimate of drug-likeness (QED) is 0.678. The average Bonchev–Trinajstić information content (AvgIpc) is 2.56. The van der Waals surface area contributed by atoms with E-state index in [9.17, 15) is 5.11 Å². The van der Waals surface area contributed by atoms with Gasteiger partial charge in [-0.05, 0) is 24.3 Å². The number of thioether (sulfide) groups is 1. The van der Waals surface area contributed by atoms with E-state index in [1.165, 1.54) is 0 Å². The predicted molar refractivity (Wildman–Crippen MR) is 56.6 cm³/mol. The third-order valence-electron chi connectivity index (χ3n) is 2.25. The monoisotopic (exact) mass is 211 g/mol. The molecule has 1 aliphatic heterocycles. The second kappa shape index (κ2) is 4.21. The summed E-state index contributed by atoms with van der Waals surface area (Å²) in [6.45, 7) is 1.52. The molecule has 1 fully saturated rings. The van der Waals surface area contributed by atoms with E-state index in [1.807, 2.05) is 12.1 Å². The normalized spacial score (nSPS) is 26.6. The van der Waals surface area contributed by atoms with Gasteiger partial charge >= 0.3 is 0 Å². The van der Waals surface area contributed by atoms with Gasteiger partial charge in [0.15, 0.2) is 0 Å². The number of hydrogen-bond donors (Lipinski definition) is 3. The van der Waals surface area contributed by atoms with Crippen LogP contribution in [-0.2, 0) is 0 Å². The number of β-amino-alcohol motifs (C(OH)–C–C–N with tert-alkyl or cyclic N) is 1. The lowest BCUT2D eigenvalue weighted by atomic mass is 10.3. The van der Waals surface area contributed by atoms with Gasteiger partial charge in [0, 0.05) is 23.2 Å². The van der Waals surface area contributed by atoms with Crippen LogP contribution in [0.5, 0.6) is 5.75 Å². The molecular weight excluding hydrogens is 198 g/mol.